The Morgan fingerprint density at radius 1 is 0.875 bits per heavy atom. The van der Waals surface area contributed by atoms with Crippen LogP contribution in [-0.4, -0.2) is 28.0 Å². The maximum atomic E-state index is 13.0. The Bertz CT molecular complexity index is 1230. The highest BCUT2D eigenvalue weighted by molar-refractivity contribution is 6.08. The fourth-order valence-corrected chi connectivity index (χ4v) is 3.04. The van der Waals surface area contributed by atoms with E-state index in [0.717, 1.165) is 5.56 Å². The van der Waals surface area contributed by atoms with Crippen LogP contribution in [0.2, 0.25) is 0 Å². The highest BCUT2D eigenvalue weighted by Crippen LogP contribution is 2.29. The van der Waals surface area contributed by atoms with Gasteiger partial charge in [-0.05, 0) is 61.0 Å². The van der Waals surface area contributed by atoms with Gasteiger partial charge in [-0.25, -0.2) is 15.0 Å². The van der Waals surface area contributed by atoms with E-state index in [0.29, 0.717) is 34.3 Å². The number of aromatic nitrogens is 3. The molecule has 8 heteroatoms. The first-order valence-corrected chi connectivity index (χ1v) is 9.86. The summed E-state index contributed by atoms with van der Waals surface area (Å²) in [6.07, 6.45) is 4.83. The van der Waals surface area contributed by atoms with E-state index in [1.807, 2.05) is 37.3 Å². The normalized spacial score (nSPS) is 10.3. The highest BCUT2D eigenvalue weighted by atomic mass is 16.5. The third-order valence-corrected chi connectivity index (χ3v) is 4.61. The molecule has 0 fully saturated rings. The van der Waals surface area contributed by atoms with E-state index >= 15 is 0 Å². The molecule has 0 bridgehead atoms. The number of carbonyl (C=O) groups is 1. The molecular formula is C24H21N5O3. The third kappa shape index (κ3) is 4.81. The predicted octanol–water partition coefficient (Wildman–Crippen LogP) is 4.98. The van der Waals surface area contributed by atoms with Gasteiger partial charge >= 0.3 is 6.01 Å². The molecule has 0 aliphatic rings. The molecule has 0 aliphatic heterocycles. The lowest BCUT2D eigenvalue weighted by Gasteiger charge is -2.14. The van der Waals surface area contributed by atoms with E-state index in [1.54, 1.807) is 56.0 Å². The van der Waals surface area contributed by atoms with Crippen LogP contribution in [0.1, 0.15) is 15.9 Å². The van der Waals surface area contributed by atoms with Crippen molar-refractivity contribution in [1.82, 2.24) is 15.0 Å². The molecule has 4 rings (SSSR count). The second-order valence-corrected chi connectivity index (χ2v) is 6.79. The van der Waals surface area contributed by atoms with Gasteiger partial charge in [0, 0.05) is 24.3 Å². The molecule has 0 radical (unpaired) electrons. The first-order chi connectivity index (χ1) is 15.6. The summed E-state index contributed by atoms with van der Waals surface area (Å²) in [6.45, 7) is 1.88. The lowest BCUT2D eigenvalue weighted by molar-refractivity contribution is 0.102. The minimum atomic E-state index is -0.293. The van der Waals surface area contributed by atoms with Crippen molar-refractivity contribution in [2.75, 3.05) is 17.7 Å². The van der Waals surface area contributed by atoms with Crippen LogP contribution >= 0.6 is 0 Å². The van der Waals surface area contributed by atoms with Crippen molar-refractivity contribution in [2.24, 2.45) is 0 Å². The molecule has 0 aliphatic carbocycles. The molecule has 0 saturated heterocycles. The van der Waals surface area contributed by atoms with Gasteiger partial charge in [0.25, 0.3) is 5.91 Å². The fraction of sp³-hybridized carbons (Fsp3) is 0.0833. The minimum Gasteiger partial charge on any atom is -0.495 e. The molecule has 2 heterocycles. The zero-order valence-corrected chi connectivity index (χ0v) is 17.6. The number of methoxy groups -OCH3 is 1. The van der Waals surface area contributed by atoms with E-state index in [-0.39, 0.29) is 11.9 Å². The standard InChI is InChI=1S/C24H21N5O3/c1-16-15-17(32-24-26-13-6-14-27-24)10-11-19(16)29-23(30)18-7-5-12-25-22(18)28-20-8-3-4-9-21(20)31-2/h3-15H,1-2H3,(H,25,28)(H,29,30). The highest BCUT2D eigenvalue weighted by Gasteiger charge is 2.15. The lowest BCUT2D eigenvalue weighted by Crippen LogP contribution is -2.15. The number of aryl methyl sites for hydroxylation is 1. The molecule has 0 atom stereocenters. The minimum absolute atomic E-state index is 0.256. The summed E-state index contributed by atoms with van der Waals surface area (Å²) in [5.74, 6) is 1.36. The molecule has 4 aromatic rings. The average molecular weight is 427 g/mol. The van der Waals surface area contributed by atoms with Crippen LogP contribution in [0.3, 0.4) is 0 Å². The van der Waals surface area contributed by atoms with Crippen molar-refractivity contribution in [3.8, 4) is 17.5 Å². The van der Waals surface area contributed by atoms with Gasteiger partial charge < -0.3 is 20.1 Å². The van der Waals surface area contributed by atoms with E-state index in [2.05, 4.69) is 25.6 Å². The van der Waals surface area contributed by atoms with Crippen LogP contribution in [-0.2, 0) is 0 Å². The van der Waals surface area contributed by atoms with Gasteiger partial charge in [0.05, 0.1) is 18.4 Å². The summed E-state index contributed by atoms with van der Waals surface area (Å²) in [6, 6.07) is 18.2. The van der Waals surface area contributed by atoms with Crippen molar-refractivity contribution < 1.29 is 14.3 Å². The number of ether oxygens (including phenoxy) is 2. The number of benzene rings is 2. The molecule has 2 N–H and O–H groups in total. The number of anilines is 3. The number of hydrogen-bond donors (Lipinski definition) is 2. The molecular weight excluding hydrogens is 406 g/mol. The Hall–Kier alpha value is -4.46. The van der Waals surface area contributed by atoms with Crippen molar-refractivity contribution in [3.05, 3.63) is 90.4 Å². The van der Waals surface area contributed by atoms with Crippen molar-refractivity contribution in [3.63, 3.8) is 0 Å². The van der Waals surface area contributed by atoms with Crippen LogP contribution in [0.5, 0.6) is 17.5 Å². The molecule has 32 heavy (non-hydrogen) atoms. The first kappa shape index (κ1) is 20.8. The molecule has 0 unspecified atom stereocenters. The smallest absolute Gasteiger partial charge is 0.321 e. The average Bonchev–Trinajstić information content (AvgIpc) is 2.82. The predicted molar refractivity (Wildman–Crippen MR) is 122 cm³/mol. The van der Waals surface area contributed by atoms with Gasteiger partial charge in [0.2, 0.25) is 0 Å². The number of hydrogen-bond acceptors (Lipinski definition) is 7. The van der Waals surface area contributed by atoms with E-state index in [1.165, 1.54) is 0 Å². The number of nitrogens with zero attached hydrogens (tertiary/aromatic N) is 3. The number of pyridine rings is 1. The number of carbonyl (C=O) groups excluding carboxylic acids is 1. The molecule has 2 aromatic carbocycles. The van der Waals surface area contributed by atoms with Gasteiger partial charge in [0.1, 0.15) is 17.3 Å². The van der Waals surface area contributed by atoms with Crippen molar-refractivity contribution >= 4 is 23.1 Å². The summed E-state index contributed by atoms with van der Waals surface area (Å²) in [5, 5.41) is 6.11. The summed E-state index contributed by atoms with van der Waals surface area (Å²) in [5.41, 5.74) is 2.60. The van der Waals surface area contributed by atoms with Crippen molar-refractivity contribution in [1.29, 1.82) is 0 Å². The Morgan fingerprint density at radius 3 is 2.44 bits per heavy atom. The van der Waals surface area contributed by atoms with Crippen LogP contribution in [0.25, 0.3) is 0 Å². The second kappa shape index (κ2) is 9.57. The quantitative estimate of drug-likeness (QED) is 0.429. The van der Waals surface area contributed by atoms with Crippen LogP contribution < -0.4 is 20.1 Å². The number of amides is 1. The summed E-state index contributed by atoms with van der Waals surface area (Å²) in [7, 11) is 1.59. The molecule has 8 nitrogen and oxygen atoms in total. The Kier molecular flexibility index (Phi) is 6.22. The van der Waals surface area contributed by atoms with Crippen LogP contribution in [0.15, 0.2) is 79.3 Å². The lowest BCUT2D eigenvalue weighted by atomic mass is 10.1. The van der Waals surface area contributed by atoms with Gasteiger partial charge in [-0.15, -0.1) is 0 Å². The molecule has 160 valence electrons. The number of para-hydroxylation sites is 2. The zero-order chi connectivity index (χ0) is 22.3. The van der Waals surface area contributed by atoms with E-state index in [9.17, 15) is 4.79 Å². The first-order valence-electron chi connectivity index (χ1n) is 9.86. The maximum Gasteiger partial charge on any atom is 0.321 e. The Balaban J connectivity index is 1.52. The molecule has 0 spiro atoms. The molecule has 1 amide bonds. The molecule has 0 saturated carbocycles. The van der Waals surface area contributed by atoms with Gasteiger partial charge in [-0.2, -0.15) is 0 Å². The Labute approximate surface area is 185 Å². The SMILES string of the molecule is COc1ccccc1Nc1ncccc1C(=O)Nc1ccc(Oc2ncccn2)cc1C. The largest absolute Gasteiger partial charge is 0.495 e. The summed E-state index contributed by atoms with van der Waals surface area (Å²) >= 11 is 0. The third-order valence-electron chi connectivity index (χ3n) is 4.61. The topological polar surface area (TPSA) is 98.3 Å². The summed E-state index contributed by atoms with van der Waals surface area (Å²) < 4.78 is 11.0. The maximum absolute atomic E-state index is 13.0. The van der Waals surface area contributed by atoms with Gasteiger partial charge in [0.15, 0.2) is 0 Å². The van der Waals surface area contributed by atoms with E-state index in [4.69, 9.17) is 9.47 Å². The van der Waals surface area contributed by atoms with Crippen LogP contribution in [0.4, 0.5) is 17.2 Å². The number of nitrogens with one attached hydrogen (secondary N) is 2. The molecule has 2 aromatic heterocycles. The second-order valence-electron chi connectivity index (χ2n) is 6.79. The van der Waals surface area contributed by atoms with Crippen molar-refractivity contribution in [2.45, 2.75) is 6.92 Å². The summed E-state index contributed by atoms with van der Waals surface area (Å²) in [4.78, 5) is 25.5. The Morgan fingerprint density at radius 2 is 1.66 bits per heavy atom. The zero-order valence-electron chi connectivity index (χ0n) is 17.6. The van der Waals surface area contributed by atoms with Crippen LogP contribution in [0, 0.1) is 6.92 Å². The number of rotatable bonds is 7. The van der Waals surface area contributed by atoms with Gasteiger partial charge in [-0.3, -0.25) is 4.79 Å². The monoisotopic (exact) mass is 427 g/mol. The van der Waals surface area contributed by atoms with Gasteiger partial charge in [-0.1, -0.05) is 12.1 Å². The fourth-order valence-electron chi connectivity index (χ4n) is 3.04. The van der Waals surface area contributed by atoms with E-state index < -0.39 is 0 Å².